The molecule has 0 spiro atoms. The normalized spacial score (nSPS) is 9.50. The average molecular weight is 312 g/mol. The first-order valence-corrected chi connectivity index (χ1v) is 9.08. The van der Waals surface area contributed by atoms with E-state index in [0.717, 1.165) is 0 Å². The Bertz CT molecular complexity index is 76.6. The Balaban J connectivity index is 2.91. The van der Waals surface area contributed by atoms with Crippen LogP contribution in [0.1, 0.15) is 13.3 Å². The molecule has 0 aromatic heterocycles. The van der Waals surface area contributed by atoms with Crippen LogP contribution in [0.15, 0.2) is 9.91 Å². The summed E-state index contributed by atoms with van der Waals surface area (Å²) in [6.07, 6.45) is 3.64. The number of hydrogen-bond acceptors (Lipinski definition) is 0. The molecule has 2 radical (unpaired) electrons. The van der Waals surface area contributed by atoms with Crippen LogP contribution in [0.5, 0.6) is 0 Å². The average Bonchev–Trinajstić information content (AvgIpc) is 1.81. The van der Waals surface area contributed by atoms with Crippen LogP contribution in [0.3, 0.4) is 0 Å². The van der Waals surface area contributed by atoms with Crippen LogP contribution in [-0.2, 0) is 0 Å². The van der Waals surface area contributed by atoms with E-state index in [9.17, 15) is 0 Å². The van der Waals surface area contributed by atoms with Gasteiger partial charge in [0.25, 0.3) is 0 Å². The molecule has 0 aliphatic rings. The first-order valence-electron chi connectivity index (χ1n) is 2.95. The summed E-state index contributed by atoms with van der Waals surface area (Å²) < 4.78 is 6.21. The van der Waals surface area contributed by atoms with Gasteiger partial charge in [-0.15, -0.1) is 0 Å². The van der Waals surface area contributed by atoms with Crippen molar-refractivity contribution in [2.75, 3.05) is 0 Å². The predicted octanol–water partition coefficient (Wildman–Crippen LogP) is 1.00. The number of rotatable bonds is 4. The van der Waals surface area contributed by atoms with E-state index >= 15 is 0 Å². The van der Waals surface area contributed by atoms with Crippen LogP contribution in [0.4, 0.5) is 0 Å². The molecular formula is C6H10In2. The summed E-state index contributed by atoms with van der Waals surface area (Å²) in [7, 11) is 0. The molecule has 0 aliphatic heterocycles. The van der Waals surface area contributed by atoms with Crippen molar-refractivity contribution in [1.29, 1.82) is 0 Å². The van der Waals surface area contributed by atoms with E-state index < -0.39 is 0 Å². The van der Waals surface area contributed by atoms with Gasteiger partial charge in [-0.2, -0.15) is 0 Å². The van der Waals surface area contributed by atoms with Gasteiger partial charge in [0.2, 0.25) is 0 Å². The minimum absolute atomic E-state index is 0.177. The summed E-state index contributed by atoms with van der Waals surface area (Å²) in [5, 5.41) is 0. The van der Waals surface area contributed by atoms with Crippen molar-refractivity contribution in [3.05, 3.63) is 9.91 Å². The van der Waals surface area contributed by atoms with Gasteiger partial charge in [-0.05, 0) is 0 Å². The zero-order valence-corrected chi connectivity index (χ0v) is 11.9. The Kier molecular flexibility index (Phi) is 9.76. The summed E-state index contributed by atoms with van der Waals surface area (Å²) >= 11 is 1.10. The Morgan fingerprint density at radius 1 is 1.62 bits per heavy atom. The second-order valence-corrected chi connectivity index (χ2v) is 6.79. The van der Waals surface area contributed by atoms with E-state index in [1.54, 1.807) is 0 Å². The van der Waals surface area contributed by atoms with Crippen LogP contribution in [0.25, 0.3) is 0 Å². The van der Waals surface area contributed by atoms with Crippen molar-refractivity contribution in [3.8, 4) is 0 Å². The number of hydrogen-bond donors (Lipinski definition) is 0. The predicted molar refractivity (Wildman–Crippen MR) is 41.8 cm³/mol. The molecule has 0 heterocycles. The summed E-state index contributed by atoms with van der Waals surface area (Å²) in [5.41, 5.74) is 0. The molecule has 0 N–H and O–H groups in total. The summed E-state index contributed by atoms with van der Waals surface area (Å²) in [4.78, 5) is 0. The topological polar surface area (TPSA) is 0 Å². The van der Waals surface area contributed by atoms with E-state index in [2.05, 4.69) is 20.6 Å². The third kappa shape index (κ3) is 7.35. The quantitative estimate of drug-likeness (QED) is 0.680. The fourth-order valence-corrected chi connectivity index (χ4v) is 5.18. The van der Waals surface area contributed by atoms with Gasteiger partial charge in [-0.25, -0.2) is 0 Å². The Hall–Kier alpha value is 1.35. The molecule has 0 fully saturated rings. The maximum atomic E-state index is 2.43. The molecule has 0 nitrogen and oxygen atoms in total. The van der Waals surface area contributed by atoms with Gasteiger partial charge >= 0.3 is 78.0 Å². The molecule has 0 saturated heterocycles. The molecule has 0 rings (SSSR count). The van der Waals surface area contributed by atoms with E-state index in [1.165, 1.54) is 34.5 Å². The van der Waals surface area contributed by atoms with Gasteiger partial charge in [0.15, 0.2) is 0 Å². The van der Waals surface area contributed by atoms with E-state index in [4.69, 9.17) is 0 Å². The number of allylic oxidation sites excluding steroid dienone is 1. The van der Waals surface area contributed by atoms with E-state index in [-0.39, 0.29) is 22.9 Å². The van der Waals surface area contributed by atoms with Gasteiger partial charge in [0, 0.05) is 0 Å². The summed E-state index contributed by atoms with van der Waals surface area (Å²) in [6.45, 7) is 2.27. The molecule has 0 atom stereocenters. The SMILES string of the molecule is CC[CH2][In]/[CH]=C\[CH]=[In]. The van der Waals surface area contributed by atoms with Crippen LogP contribution in [0, 0.1) is 0 Å². The fraction of sp³-hybridized carbons (Fsp3) is 0.500. The molecule has 0 unspecified atom stereocenters. The van der Waals surface area contributed by atoms with Crippen LogP contribution in [0.2, 0.25) is 4.18 Å². The standard InChI is InChI=1S/C3H7.C3H3.2In/c2*1-3-2;;/h1,3H2,2H3;1-3H;;. The van der Waals surface area contributed by atoms with Crippen LogP contribution in [-0.4, -0.2) is 50.6 Å². The van der Waals surface area contributed by atoms with Crippen molar-refractivity contribution in [1.82, 2.24) is 0 Å². The van der Waals surface area contributed by atoms with Gasteiger partial charge in [0.1, 0.15) is 0 Å². The fourth-order valence-electron chi connectivity index (χ4n) is 0.406. The Morgan fingerprint density at radius 3 is 2.88 bits per heavy atom. The first kappa shape index (κ1) is 9.35. The molecule has 0 saturated carbocycles. The first-order chi connectivity index (χ1) is 3.91. The van der Waals surface area contributed by atoms with E-state index in [0.29, 0.717) is 0 Å². The molecule has 0 amide bonds. The Labute approximate surface area is 77.2 Å². The van der Waals surface area contributed by atoms with Gasteiger partial charge in [-0.3, -0.25) is 0 Å². The molecule has 2 heteroatoms. The molecule has 0 aliphatic carbocycles. The molecule has 0 bridgehead atoms. The maximum absolute atomic E-state index is 2.43. The van der Waals surface area contributed by atoms with Crippen LogP contribution < -0.4 is 0 Å². The molecule has 8 heavy (non-hydrogen) atoms. The summed E-state index contributed by atoms with van der Waals surface area (Å²) in [6, 6.07) is 0. The van der Waals surface area contributed by atoms with Crippen molar-refractivity contribution < 1.29 is 0 Å². The molecular weight excluding hydrogens is 302 g/mol. The third-order valence-corrected chi connectivity index (χ3v) is 5.46. The minimum atomic E-state index is -0.177. The molecule has 0 aromatic rings. The van der Waals surface area contributed by atoms with Crippen molar-refractivity contribution in [2.24, 2.45) is 0 Å². The Morgan fingerprint density at radius 2 is 2.38 bits per heavy atom. The molecule has 0 aromatic carbocycles. The van der Waals surface area contributed by atoms with Gasteiger partial charge in [0.05, 0.1) is 0 Å². The van der Waals surface area contributed by atoms with E-state index in [1.807, 2.05) is 0 Å². The second kappa shape index (κ2) is 8.35. The van der Waals surface area contributed by atoms with Crippen molar-refractivity contribution >= 4 is 50.6 Å². The van der Waals surface area contributed by atoms with Gasteiger partial charge in [-0.1, -0.05) is 0 Å². The zero-order valence-electron chi connectivity index (χ0n) is 5.30. The van der Waals surface area contributed by atoms with Crippen molar-refractivity contribution in [2.45, 2.75) is 17.5 Å². The van der Waals surface area contributed by atoms with Gasteiger partial charge < -0.3 is 0 Å². The zero-order chi connectivity index (χ0) is 6.24. The monoisotopic (exact) mass is 312 g/mol. The third-order valence-electron chi connectivity index (χ3n) is 0.814. The second-order valence-electron chi connectivity index (χ2n) is 1.60. The summed E-state index contributed by atoms with van der Waals surface area (Å²) in [5.74, 6) is 0. The molecule has 40 valence electrons. The van der Waals surface area contributed by atoms with Crippen molar-refractivity contribution in [3.63, 3.8) is 0 Å². The van der Waals surface area contributed by atoms with Crippen LogP contribution >= 0.6 is 0 Å².